The van der Waals surface area contributed by atoms with E-state index < -0.39 is 51.0 Å². The number of rotatable bonds is 3. The molecule has 1 rings (SSSR count). The molecule has 1 aromatic heterocycles. The Morgan fingerprint density at radius 2 is 1.84 bits per heavy atom. The van der Waals surface area contributed by atoms with E-state index in [1.807, 2.05) is 0 Å². The van der Waals surface area contributed by atoms with Gasteiger partial charge < -0.3 is 5.73 Å². The van der Waals surface area contributed by atoms with E-state index in [2.05, 4.69) is 4.98 Å². The zero-order valence-electron chi connectivity index (χ0n) is 9.08. The highest BCUT2D eigenvalue weighted by atomic mass is 32.2. The number of nitrogens with two attached hydrogens (primary N) is 2. The molecule has 0 aliphatic carbocycles. The van der Waals surface area contributed by atoms with Crippen LogP contribution in [-0.2, 0) is 22.7 Å². The molecule has 0 aliphatic heterocycles. The third-order valence-corrected chi connectivity index (χ3v) is 3.07. The van der Waals surface area contributed by atoms with Crippen LogP contribution in [0, 0.1) is 0 Å². The van der Waals surface area contributed by atoms with Gasteiger partial charge in [-0.05, 0) is 6.07 Å². The van der Waals surface area contributed by atoms with Gasteiger partial charge in [-0.1, -0.05) is 0 Å². The van der Waals surface area contributed by atoms with Crippen molar-refractivity contribution in [2.75, 3.05) is 0 Å². The lowest BCUT2D eigenvalue weighted by atomic mass is 10.1. The molecule has 0 aliphatic rings. The molecule has 0 aromatic carbocycles. The minimum Gasteiger partial charge on any atom is -0.325 e. The van der Waals surface area contributed by atoms with Crippen LogP contribution in [0.4, 0.5) is 22.0 Å². The predicted octanol–water partition coefficient (Wildman–Crippen LogP) is 1.14. The second-order valence-corrected chi connectivity index (χ2v) is 4.94. The maximum absolute atomic E-state index is 12.6. The third-order valence-electron chi connectivity index (χ3n) is 2.10. The molecule has 0 saturated heterocycles. The van der Waals surface area contributed by atoms with Gasteiger partial charge in [-0.25, -0.2) is 27.3 Å². The number of pyridine rings is 1. The number of hydrogen-bond donors (Lipinski definition) is 2. The van der Waals surface area contributed by atoms with Gasteiger partial charge in [0.25, 0.3) is 6.43 Å². The van der Waals surface area contributed by atoms with Gasteiger partial charge in [-0.3, -0.25) is 0 Å². The highest BCUT2D eigenvalue weighted by Gasteiger charge is 2.38. The number of hydrogen-bond acceptors (Lipinski definition) is 4. The average Bonchev–Trinajstić information content (AvgIpc) is 2.24. The maximum atomic E-state index is 12.6. The molecule has 0 amide bonds. The van der Waals surface area contributed by atoms with Gasteiger partial charge in [0.15, 0.2) is 0 Å². The summed E-state index contributed by atoms with van der Waals surface area (Å²) in [4.78, 5) is 1.95. The second kappa shape index (κ2) is 4.98. The van der Waals surface area contributed by atoms with Crippen molar-refractivity contribution in [1.29, 1.82) is 0 Å². The largest absolute Gasteiger partial charge is 0.418 e. The van der Waals surface area contributed by atoms with Crippen LogP contribution in [0.3, 0.4) is 0 Å². The topological polar surface area (TPSA) is 99.1 Å². The van der Waals surface area contributed by atoms with Crippen molar-refractivity contribution in [3.63, 3.8) is 0 Å². The molecule has 0 radical (unpaired) electrons. The summed E-state index contributed by atoms with van der Waals surface area (Å²) in [6.07, 6.45) is -8.72. The van der Waals surface area contributed by atoms with Crippen molar-refractivity contribution >= 4 is 10.0 Å². The Bertz CT molecular complexity index is 585. The van der Waals surface area contributed by atoms with Crippen LogP contribution < -0.4 is 10.9 Å². The van der Waals surface area contributed by atoms with Gasteiger partial charge in [0.05, 0.1) is 11.3 Å². The summed E-state index contributed by atoms with van der Waals surface area (Å²) in [5.74, 6) is 0. The van der Waals surface area contributed by atoms with Crippen molar-refractivity contribution in [1.82, 2.24) is 4.98 Å². The van der Waals surface area contributed by atoms with Crippen LogP contribution in [0.15, 0.2) is 11.0 Å². The summed E-state index contributed by atoms with van der Waals surface area (Å²) >= 11 is 0. The van der Waals surface area contributed by atoms with E-state index in [0.717, 1.165) is 0 Å². The summed E-state index contributed by atoms with van der Waals surface area (Å²) in [5, 5.41) is 4.69. The Morgan fingerprint density at radius 1 is 1.32 bits per heavy atom. The fourth-order valence-electron chi connectivity index (χ4n) is 1.34. The molecule has 1 heterocycles. The van der Waals surface area contributed by atoms with Gasteiger partial charge in [0, 0.05) is 6.54 Å². The van der Waals surface area contributed by atoms with Gasteiger partial charge in [0.1, 0.15) is 10.6 Å². The van der Waals surface area contributed by atoms with E-state index in [1.54, 1.807) is 0 Å². The van der Waals surface area contributed by atoms with Crippen LogP contribution in [-0.4, -0.2) is 13.4 Å². The number of sulfonamides is 1. The quantitative estimate of drug-likeness (QED) is 0.818. The van der Waals surface area contributed by atoms with E-state index in [4.69, 9.17) is 10.9 Å². The van der Waals surface area contributed by atoms with Crippen molar-refractivity contribution in [3.05, 3.63) is 23.0 Å². The number of aromatic nitrogens is 1. The van der Waals surface area contributed by atoms with E-state index in [0.29, 0.717) is 0 Å². The lowest BCUT2D eigenvalue weighted by Gasteiger charge is -2.15. The standard InChI is InChI=1S/C8H8F5N3O2S/c9-7(10)6-3(8(11,12)13)1-5(19(15,17)18)4(2-14)16-6/h1,7H,2,14H2,(H2,15,17,18). The molecular formula is C8H8F5N3O2S. The Labute approximate surface area is 104 Å². The molecule has 0 atom stereocenters. The molecule has 0 fully saturated rings. The monoisotopic (exact) mass is 305 g/mol. The Morgan fingerprint density at radius 3 is 2.16 bits per heavy atom. The van der Waals surface area contributed by atoms with Crippen molar-refractivity contribution in [3.8, 4) is 0 Å². The molecule has 108 valence electrons. The molecule has 1 aromatic rings. The first-order chi connectivity index (χ1) is 8.48. The summed E-state index contributed by atoms with van der Waals surface area (Å²) in [6, 6.07) is 0.0199. The Kier molecular flexibility index (Phi) is 4.12. The summed E-state index contributed by atoms with van der Waals surface area (Å²) in [7, 11) is -4.56. The lowest BCUT2D eigenvalue weighted by molar-refractivity contribution is -0.140. The molecule has 4 N–H and O–H groups in total. The van der Waals surface area contributed by atoms with E-state index in [-0.39, 0.29) is 6.07 Å². The minimum atomic E-state index is -5.19. The van der Waals surface area contributed by atoms with Gasteiger partial charge in [0.2, 0.25) is 10.0 Å². The normalized spacial score (nSPS) is 13.1. The summed E-state index contributed by atoms with van der Waals surface area (Å²) in [6.45, 7) is -0.649. The number of alkyl halides is 5. The zero-order chi connectivity index (χ0) is 15.0. The van der Waals surface area contributed by atoms with Gasteiger partial charge in [-0.2, -0.15) is 13.2 Å². The predicted molar refractivity (Wildman–Crippen MR) is 53.5 cm³/mol. The Balaban J connectivity index is 3.72. The number of halogens is 5. The van der Waals surface area contributed by atoms with E-state index in [9.17, 15) is 30.4 Å². The first-order valence-electron chi connectivity index (χ1n) is 4.60. The van der Waals surface area contributed by atoms with Crippen LogP contribution in [0.25, 0.3) is 0 Å². The van der Waals surface area contributed by atoms with Crippen molar-refractivity contribution < 1.29 is 30.4 Å². The fourth-order valence-corrected chi connectivity index (χ4v) is 2.07. The lowest BCUT2D eigenvalue weighted by Crippen LogP contribution is -2.21. The fraction of sp³-hybridized carbons (Fsp3) is 0.375. The van der Waals surface area contributed by atoms with Crippen LogP contribution in [0.2, 0.25) is 0 Å². The van der Waals surface area contributed by atoms with Gasteiger partial charge in [-0.15, -0.1) is 0 Å². The zero-order valence-corrected chi connectivity index (χ0v) is 9.89. The number of nitrogens with zero attached hydrogens (tertiary/aromatic N) is 1. The Hall–Kier alpha value is -1.33. The molecular weight excluding hydrogens is 297 g/mol. The molecule has 0 saturated carbocycles. The minimum absolute atomic E-state index is 0.0199. The van der Waals surface area contributed by atoms with Gasteiger partial charge >= 0.3 is 6.18 Å². The average molecular weight is 305 g/mol. The van der Waals surface area contributed by atoms with Crippen molar-refractivity contribution in [2.24, 2.45) is 10.9 Å². The molecule has 5 nitrogen and oxygen atoms in total. The van der Waals surface area contributed by atoms with Crippen molar-refractivity contribution in [2.45, 2.75) is 24.0 Å². The van der Waals surface area contributed by atoms with E-state index in [1.165, 1.54) is 0 Å². The van der Waals surface area contributed by atoms with E-state index >= 15 is 0 Å². The third kappa shape index (κ3) is 3.36. The SMILES string of the molecule is NCc1nc(C(F)F)c(C(F)(F)F)cc1S(N)(=O)=O. The molecule has 0 spiro atoms. The highest BCUT2D eigenvalue weighted by Crippen LogP contribution is 2.37. The number of primary sulfonamides is 1. The smallest absolute Gasteiger partial charge is 0.325 e. The summed E-state index contributed by atoms with van der Waals surface area (Å²) in [5.41, 5.74) is 0.979. The molecule has 0 unspecified atom stereocenters. The second-order valence-electron chi connectivity index (χ2n) is 3.41. The maximum Gasteiger partial charge on any atom is 0.418 e. The molecule has 11 heteroatoms. The molecule has 0 bridgehead atoms. The highest BCUT2D eigenvalue weighted by molar-refractivity contribution is 7.89. The first-order valence-corrected chi connectivity index (χ1v) is 6.15. The first kappa shape index (κ1) is 15.7. The molecule has 19 heavy (non-hydrogen) atoms. The summed E-state index contributed by atoms with van der Waals surface area (Å²) < 4.78 is 85.0. The van der Waals surface area contributed by atoms with Crippen LogP contribution in [0.5, 0.6) is 0 Å². The van der Waals surface area contributed by atoms with Crippen LogP contribution >= 0.6 is 0 Å². The van der Waals surface area contributed by atoms with Crippen LogP contribution in [0.1, 0.15) is 23.4 Å².